The van der Waals surface area contributed by atoms with Crippen LogP contribution in [-0.2, 0) is 19.5 Å². The fourth-order valence-corrected chi connectivity index (χ4v) is 7.16. The normalized spacial score (nSPS) is 24.3. The number of hydrogen-bond acceptors (Lipinski definition) is 6. The Hall–Kier alpha value is -5.19. The van der Waals surface area contributed by atoms with Gasteiger partial charge >= 0.3 is 12.0 Å². The molecule has 46 heavy (non-hydrogen) atoms. The molecule has 2 unspecified atom stereocenters. The Kier molecular flexibility index (Phi) is 7.46. The lowest BCUT2D eigenvalue weighted by atomic mass is 9.90. The van der Waals surface area contributed by atoms with E-state index in [2.05, 4.69) is 10.2 Å². The Bertz CT molecular complexity index is 1900. The van der Waals surface area contributed by atoms with Crippen molar-refractivity contribution in [2.75, 3.05) is 5.73 Å². The van der Waals surface area contributed by atoms with E-state index in [1.165, 1.54) is 6.07 Å². The second-order valence-electron chi connectivity index (χ2n) is 12.3. The zero-order valence-electron chi connectivity index (χ0n) is 25.0. The highest BCUT2D eigenvalue weighted by Gasteiger charge is 2.68. The summed E-state index contributed by atoms with van der Waals surface area (Å²) in [5, 5.41) is 41.7. The molecule has 1 aromatic heterocycles. The van der Waals surface area contributed by atoms with Crippen molar-refractivity contribution in [1.29, 1.82) is 0 Å². The standard InChI is InChI=1S/C36H35N5O5/c37-33-27-17-24(14-15-29(27)38-39-33)20-40-30(18-22-8-3-1-4-9-22)31(42)32(43)36(19-28(36)25-11-5-2-6-12-25)41(35(40)46)21-23-10-7-13-26(16-23)34(44)45/h1-17,28,30-32,42-43H,18-21H2,(H,44,45)(H3,37,38,39)/t28?,30-,31+,32-,36?/m1/s1. The lowest BCUT2D eigenvalue weighted by Gasteiger charge is -2.36. The minimum atomic E-state index is -1.28. The van der Waals surface area contributed by atoms with Gasteiger partial charge < -0.3 is 30.9 Å². The van der Waals surface area contributed by atoms with Gasteiger partial charge in [0.25, 0.3) is 0 Å². The van der Waals surface area contributed by atoms with Crippen LogP contribution in [-0.4, -0.2) is 71.1 Å². The van der Waals surface area contributed by atoms with E-state index in [4.69, 9.17) is 5.73 Å². The molecule has 7 rings (SSSR count). The summed E-state index contributed by atoms with van der Waals surface area (Å²) in [7, 11) is 0. The monoisotopic (exact) mass is 617 g/mol. The molecule has 5 atom stereocenters. The molecule has 5 aromatic rings. The van der Waals surface area contributed by atoms with Crippen LogP contribution in [0.25, 0.3) is 10.9 Å². The second kappa shape index (κ2) is 11.6. The lowest BCUT2D eigenvalue weighted by molar-refractivity contribution is -0.0502. The van der Waals surface area contributed by atoms with Gasteiger partial charge in [-0.2, -0.15) is 5.10 Å². The average molecular weight is 618 g/mol. The van der Waals surface area contributed by atoms with Crippen molar-refractivity contribution in [3.05, 3.63) is 131 Å². The number of urea groups is 1. The third kappa shape index (κ3) is 5.15. The first-order valence-electron chi connectivity index (χ1n) is 15.3. The van der Waals surface area contributed by atoms with Crippen LogP contribution in [0.15, 0.2) is 103 Å². The average Bonchev–Trinajstić information content (AvgIpc) is 3.74. The summed E-state index contributed by atoms with van der Waals surface area (Å²) in [6, 6.07) is 30.3. The number of aromatic nitrogens is 2. The fourth-order valence-electron chi connectivity index (χ4n) is 7.16. The number of aliphatic hydroxyl groups excluding tert-OH is 2. The number of aromatic carboxylic acids is 1. The van der Waals surface area contributed by atoms with Crippen LogP contribution >= 0.6 is 0 Å². The molecule has 2 aliphatic rings. The first-order chi connectivity index (χ1) is 22.3. The summed E-state index contributed by atoms with van der Waals surface area (Å²) < 4.78 is 0. The molecule has 6 N–H and O–H groups in total. The Morgan fingerprint density at radius 3 is 2.33 bits per heavy atom. The van der Waals surface area contributed by atoms with Crippen LogP contribution in [0, 0.1) is 0 Å². The highest BCUT2D eigenvalue weighted by molar-refractivity contribution is 5.89. The number of carboxylic acids is 1. The number of carbonyl (C=O) groups is 2. The third-order valence-electron chi connectivity index (χ3n) is 9.60. The number of benzene rings is 4. The van der Waals surface area contributed by atoms with Gasteiger partial charge in [-0.15, -0.1) is 0 Å². The molecule has 2 fully saturated rings. The number of H-pyrrole nitrogens is 1. The van der Waals surface area contributed by atoms with E-state index < -0.39 is 29.8 Å². The first-order valence-corrected chi connectivity index (χ1v) is 15.3. The largest absolute Gasteiger partial charge is 0.478 e. The predicted octanol–water partition coefficient (Wildman–Crippen LogP) is 4.54. The van der Waals surface area contributed by atoms with E-state index in [1.54, 1.807) is 28.0 Å². The van der Waals surface area contributed by atoms with Crippen molar-refractivity contribution < 1.29 is 24.9 Å². The van der Waals surface area contributed by atoms with Crippen LogP contribution in [0.5, 0.6) is 0 Å². The Morgan fingerprint density at radius 1 is 0.891 bits per heavy atom. The quantitative estimate of drug-likeness (QED) is 0.171. The van der Waals surface area contributed by atoms with E-state index in [1.807, 2.05) is 78.9 Å². The number of amides is 2. The molecule has 2 amide bonds. The van der Waals surface area contributed by atoms with Gasteiger partial charge in [0.05, 0.1) is 22.7 Å². The number of rotatable bonds is 8. The van der Waals surface area contributed by atoms with Crippen molar-refractivity contribution >= 4 is 28.7 Å². The fraction of sp³-hybridized carbons (Fsp3) is 0.250. The molecule has 1 aliphatic carbocycles. The van der Waals surface area contributed by atoms with Crippen LogP contribution in [0.4, 0.5) is 10.6 Å². The van der Waals surface area contributed by atoms with E-state index >= 15 is 4.79 Å². The highest BCUT2D eigenvalue weighted by atomic mass is 16.4. The number of carboxylic acid groups (broad SMARTS) is 1. The van der Waals surface area contributed by atoms with Gasteiger partial charge in [-0.3, -0.25) is 5.10 Å². The van der Waals surface area contributed by atoms with Gasteiger partial charge in [-0.1, -0.05) is 78.9 Å². The van der Waals surface area contributed by atoms with Crippen molar-refractivity contribution in [2.24, 2.45) is 0 Å². The Balaban J connectivity index is 1.35. The van der Waals surface area contributed by atoms with Gasteiger partial charge in [0.2, 0.25) is 0 Å². The minimum Gasteiger partial charge on any atom is -0.478 e. The smallest absolute Gasteiger partial charge is 0.335 e. The maximum Gasteiger partial charge on any atom is 0.335 e. The molecule has 4 aromatic carbocycles. The molecule has 1 spiro atoms. The summed E-state index contributed by atoms with van der Waals surface area (Å²) in [4.78, 5) is 30.2. The molecule has 1 saturated heterocycles. The van der Waals surface area contributed by atoms with Crippen LogP contribution in [0.3, 0.4) is 0 Å². The van der Waals surface area contributed by atoms with E-state index in [0.29, 0.717) is 24.2 Å². The zero-order chi connectivity index (χ0) is 32.0. The number of nitrogens with zero attached hydrogens (tertiary/aromatic N) is 3. The molecule has 1 saturated carbocycles. The number of nitrogen functional groups attached to an aromatic ring is 1. The Labute approximate surface area is 265 Å². The molecule has 2 heterocycles. The highest BCUT2D eigenvalue weighted by Crippen LogP contribution is 2.60. The summed E-state index contributed by atoms with van der Waals surface area (Å²) in [5.74, 6) is -0.955. The summed E-state index contributed by atoms with van der Waals surface area (Å²) in [6.07, 6.45) is -1.80. The number of carbonyl (C=O) groups excluding carboxylic acids is 1. The molecule has 10 heteroatoms. The topological polar surface area (TPSA) is 156 Å². The summed E-state index contributed by atoms with van der Waals surface area (Å²) in [5.41, 5.74) is 9.14. The number of nitrogens with two attached hydrogens (primary N) is 1. The zero-order valence-corrected chi connectivity index (χ0v) is 25.0. The van der Waals surface area contributed by atoms with E-state index in [9.17, 15) is 20.1 Å². The number of aliphatic hydroxyl groups is 2. The van der Waals surface area contributed by atoms with Crippen molar-refractivity contribution in [3.8, 4) is 0 Å². The van der Waals surface area contributed by atoms with Gasteiger partial charge in [0.15, 0.2) is 5.82 Å². The lowest BCUT2D eigenvalue weighted by Crippen LogP contribution is -2.52. The molecule has 0 bridgehead atoms. The second-order valence-corrected chi connectivity index (χ2v) is 12.3. The predicted molar refractivity (Wildman–Crippen MR) is 173 cm³/mol. The van der Waals surface area contributed by atoms with E-state index in [-0.39, 0.29) is 30.6 Å². The number of anilines is 1. The van der Waals surface area contributed by atoms with Gasteiger partial charge in [-0.05, 0) is 59.4 Å². The van der Waals surface area contributed by atoms with Crippen LogP contribution < -0.4 is 5.73 Å². The molecular weight excluding hydrogens is 582 g/mol. The van der Waals surface area contributed by atoms with Crippen molar-refractivity contribution in [3.63, 3.8) is 0 Å². The van der Waals surface area contributed by atoms with Crippen molar-refractivity contribution in [2.45, 2.75) is 55.6 Å². The molecule has 10 nitrogen and oxygen atoms in total. The first kappa shape index (κ1) is 29.5. The maximum absolute atomic E-state index is 15.0. The SMILES string of the molecule is Nc1n[nH]c2ccc(CN3C(=O)N(Cc4cccc(C(=O)O)c4)C4(CC4c4ccccc4)[C@H](O)[C@@H](O)[C@H]3Cc3ccccc3)cc12. The van der Waals surface area contributed by atoms with Gasteiger partial charge in [0, 0.05) is 24.4 Å². The molecule has 1 aliphatic heterocycles. The van der Waals surface area contributed by atoms with Crippen LogP contribution in [0.2, 0.25) is 0 Å². The molecule has 234 valence electrons. The van der Waals surface area contributed by atoms with E-state index in [0.717, 1.165) is 27.6 Å². The van der Waals surface area contributed by atoms with Gasteiger partial charge in [0.1, 0.15) is 12.2 Å². The third-order valence-corrected chi connectivity index (χ3v) is 9.60. The summed E-state index contributed by atoms with van der Waals surface area (Å²) in [6.45, 7) is 0.188. The maximum atomic E-state index is 15.0. The van der Waals surface area contributed by atoms with Crippen molar-refractivity contribution in [1.82, 2.24) is 20.0 Å². The number of fused-ring (bicyclic) bond motifs is 1. The molecule has 0 radical (unpaired) electrons. The Morgan fingerprint density at radius 2 is 1.59 bits per heavy atom. The number of aromatic amines is 1. The number of nitrogens with one attached hydrogen (secondary N) is 1. The minimum absolute atomic E-state index is 0.0509. The number of hydrogen-bond donors (Lipinski definition) is 5. The van der Waals surface area contributed by atoms with Crippen LogP contribution in [0.1, 0.15) is 45.0 Å². The molecular formula is C36H35N5O5. The summed E-state index contributed by atoms with van der Waals surface area (Å²) >= 11 is 0. The van der Waals surface area contributed by atoms with Gasteiger partial charge in [-0.25, -0.2) is 9.59 Å².